The highest BCUT2D eigenvalue weighted by Crippen LogP contribution is 1.93. The van der Waals surface area contributed by atoms with Gasteiger partial charge in [0.15, 0.2) is 0 Å². The summed E-state index contributed by atoms with van der Waals surface area (Å²) < 4.78 is 5.42. The van der Waals surface area contributed by atoms with E-state index >= 15 is 0 Å². The molecule has 2 heteroatoms. The molecule has 12 heavy (non-hydrogen) atoms. The van der Waals surface area contributed by atoms with Crippen LogP contribution in [0.1, 0.15) is 40.5 Å². The molecule has 0 radical (unpaired) electrons. The predicted molar refractivity (Wildman–Crippen MR) is 53.5 cm³/mol. The fourth-order valence-electron chi connectivity index (χ4n) is 0.937. The van der Waals surface area contributed by atoms with Gasteiger partial charge in [0.05, 0.1) is 6.10 Å². The highest BCUT2D eigenvalue weighted by molar-refractivity contribution is 4.52. The van der Waals surface area contributed by atoms with Gasteiger partial charge in [-0.1, -0.05) is 13.8 Å². The van der Waals surface area contributed by atoms with Crippen molar-refractivity contribution < 1.29 is 4.74 Å². The van der Waals surface area contributed by atoms with Gasteiger partial charge in [-0.05, 0) is 33.2 Å². The monoisotopic (exact) mass is 173 g/mol. The minimum Gasteiger partial charge on any atom is -0.379 e. The van der Waals surface area contributed by atoms with Crippen molar-refractivity contribution in [3.05, 3.63) is 0 Å². The van der Waals surface area contributed by atoms with Crippen LogP contribution in [0.4, 0.5) is 0 Å². The normalized spacial score (nSPS) is 11.5. The van der Waals surface area contributed by atoms with E-state index in [0.717, 1.165) is 19.6 Å². The van der Waals surface area contributed by atoms with E-state index in [2.05, 4.69) is 33.0 Å². The van der Waals surface area contributed by atoms with E-state index in [9.17, 15) is 0 Å². The number of ether oxygens (including phenoxy) is 1. The molecule has 0 saturated heterocycles. The Morgan fingerprint density at radius 3 is 2.25 bits per heavy atom. The molecule has 0 spiro atoms. The molecule has 0 amide bonds. The SMILES string of the molecule is CC(C)NCCCCOC(C)C. The zero-order chi connectivity index (χ0) is 9.40. The molecule has 74 valence electrons. The molecule has 0 unspecified atom stereocenters. The largest absolute Gasteiger partial charge is 0.379 e. The van der Waals surface area contributed by atoms with E-state index in [0.29, 0.717) is 12.1 Å². The summed E-state index contributed by atoms with van der Waals surface area (Å²) in [4.78, 5) is 0. The van der Waals surface area contributed by atoms with E-state index < -0.39 is 0 Å². The number of hydrogen-bond donors (Lipinski definition) is 1. The Hall–Kier alpha value is -0.0800. The second kappa shape index (κ2) is 7.56. The molecule has 0 bridgehead atoms. The van der Waals surface area contributed by atoms with E-state index in [1.54, 1.807) is 0 Å². The second-order valence-corrected chi connectivity index (χ2v) is 3.74. The molecule has 2 nitrogen and oxygen atoms in total. The number of nitrogens with one attached hydrogen (secondary N) is 1. The highest BCUT2D eigenvalue weighted by Gasteiger charge is 1.94. The summed E-state index contributed by atoms with van der Waals surface area (Å²) in [5.41, 5.74) is 0. The average Bonchev–Trinajstić information content (AvgIpc) is 1.95. The molecule has 0 aliphatic rings. The Balaban J connectivity index is 2.91. The van der Waals surface area contributed by atoms with Gasteiger partial charge in [0, 0.05) is 12.6 Å². The van der Waals surface area contributed by atoms with Crippen molar-refractivity contribution in [3.63, 3.8) is 0 Å². The summed E-state index contributed by atoms with van der Waals surface area (Å²) in [7, 11) is 0. The molecular weight excluding hydrogens is 150 g/mol. The first-order valence-corrected chi connectivity index (χ1v) is 4.98. The van der Waals surface area contributed by atoms with Gasteiger partial charge in [0.1, 0.15) is 0 Å². The van der Waals surface area contributed by atoms with Gasteiger partial charge in [0.25, 0.3) is 0 Å². The van der Waals surface area contributed by atoms with Crippen molar-refractivity contribution in [2.45, 2.75) is 52.7 Å². The fraction of sp³-hybridized carbons (Fsp3) is 1.00. The molecule has 1 N–H and O–H groups in total. The quantitative estimate of drug-likeness (QED) is 0.596. The molecule has 0 aromatic rings. The third-order valence-corrected chi connectivity index (χ3v) is 1.57. The summed E-state index contributed by atoms with van der Waals surface area (Å²) in [5, 5.41) is 3.38. The predicted octanol–water partition coefficient (Wildman–Crippen LogP) is 2.19. The minimum absolute atomic E-state index is 0.378. The van der Waals surface area contributed by atoms with Gasteiger partial charge in [-0.3, -0.25) is 0 Å². The van der Waals surface area contributed by atoms with Crippen LogP contribution in [0.2, 0.25) is 0 Å². The van der Waals surface area contributed by atoms with Crippen LogP contribution < -0.4 is 5.32 Å². The van der Waals surface area contributed by atoms with E-state index in [1.165, 1.54) is 6.42 Å². The van der Waals surface area contributed by atoms with Crippen molar-refractivity contribution in [1.82, 2.24) is 5.32 Å². The van der Waals surface area contributed by atoms with Crippen molar-refractivity contribution in [3.8, 4) is 0 Å². The Bertz CT molecular complexity index is 79.8. The lowest BCUT2D eigenvalue weighted by Crippen LogP contribution is -2.23. The van der Waals surface area contributed by atoms with Crippen LogP contribution in [0.5, 0.6) is 0 Å². The lowest BCUT2D eigenvalue weighted by molar-refractivity contribution is 0.0760. The van der Waals surface area contributed by atoms with Gasteiger partial charge in [-0.25, -0.2) is 0 Å². The number of rotatable bonds is 7. The minimum atomic E-state index is 0.378. The average molecular weight is 173 g/mol. The molecule has 0 aromatic heterocycles. The molecule has 0 fully saturated rings. The lowest BCUT2D eigenvalue weighted by Gasteiger charge is -2.09. The Morgan fingerprint density at radius 2 is 1.75 bits per heavy atom. The van der Waals surface area contributed by atoms with Crippen LogP contribution in [-0.2, 0) is 4.74 Å². The third-order valence-electron chi connectivity index (χ3n) is 1.57. The van der Waals surface area contributed by atoms with Crippen LogP contribution in [0.15, 0.2) is 0 Å². The third kappa shape index (κ3) is 9.92. The Kier molecular flexibility index (Phi) is 7.51. The van der Waals surface area contributed by atoms with E-state index in [1.807, 2.05) is 0 Å². The Labute approximate surface area is 76.7 Å². The van der Waals surface area contributed by atoms with Gasteiger partial charge >= 0.3 is 0 Å². The van der Waals surface area contributed by atoms with Crippen molar-refractivity contribution in [1.29, 1.82) is 0 Å². The molecule has 0 saturated carbocycles. The zero-order valence-electron chi connectivity index (χ0n) is 8.89. The lowest BCUT2D eigenvalue weighted by atomic mass is 10.3. The van der Waals surface area contributed by atoms with Crippen LogP contribution >= 0.6 is 0 Å². The number of unbranched alkanes of at least 4 members (excludes halogenated alkanes) is 1. The van der Waals surface area contributed by atoms with Crippen LogP contribution in [0.3, 0.4) is 0 Å². The summed E-state index contributed by atoms with van der Waals surface area (Å²) in [6, 6.07) is 0.607. The summed E-state index contributed by atoms with van der Waals surface area (Å²) in [6.45, 7) is 10.5. The van der Waals surface area contributed by atoms with E-state index in [-0.39, 0.29) is 0 Å². The standard InChI is InChI=1S/C10H23NO/c1-9(2)11-7-5-6-8-12-10(3)4/h9-11H,5-8H2,1-4H3. The maximum absolute atomic E-state index is 5.42. The molecule has 0 atom stereocenters. The van der Waals surface area contributed by atoms with Gasteiger partial charge in [-0.15, -0.1) is 0 Å². The van der Waals surface area contributed by atoms with Crippen LogP contribution in [-0.4, -0.2) is 25.3 Å². The molecule has 0 aliphatic carbocycles. The first-order valence-electron chi connectivity index (χ1n) is 4.98. The molecule has 0 aliphatic heterocycles. The van der Waals surface area contributed by atoms with Crippen LogP contribution in [0.25, 0.3) is 0 Å². The van der Waals surface area contributed by atoms with E-state index in [4.69, 9.17) is 4.74 Å². The molecule has 0 rings (SSSR count). The first kappa shape index (κ1) is 11.9. The van der Waals surface area contributed by atoms with Crippen molar-refractivity contribution >= 4 is 0 Å². The smallest absolute Gasteiger partial charge is 0.0518 e. The fourth-order valence-corrected chi connectivity index (χ4v) is 0.937. The number of hydrogen-bond acceptors (Lipinski definition) is 2. The maximum atomic E-state index is 5.42. The molecule has 0 heterocycles. The first-order chi connectivity index (χ1) is 5.63. The maximum Gasteiger partial charge on any atom is 0.0518 e. The highest BCUT2D eigenvalue weighted by atomic mass is 16.5. The summed E-state index contributed by atoms with van der Waals surface area (Å²) >= 11 is 0. The second-order valence-electron chi connectivity index (χ2n) is 3.74. The Morgan fingerprint density at radius 1 is 1.08 bits per heavy atom. The van der Waals surface area contributed by atoms with Gasteiger partial charge < -0.3 is 10.1 Å². The van der Waals surface area contributed by atoms with Gasteiger partial charge in [-0.2, -0.15) is 0 Å². The summed E-state index contributed by atoms with van der Waals surface area (Å²) in [5.74, 6) is 0. The molecule has 0 aromatic carbocycles. The summed E-state index contributed by atoms with van der Waals surface area (Å²) in [6.07, 6.45) is 2.76. The van der Waals surface area contributed by atoms with Crippen molar-refractivity contribution in [2.24, 2.45) is 0 Å². The topological polar surface area (TPSA) is 21.3 Å². The zero-order valence-corrected chi connectivity index (χ0v) is 8.89. The van der Waals surface area contributed by atoms with Crippen LogP contribution in [0, 0.1) is 0 Å². The molecular formula is C10H23NO. The van der Waals surface area contributed by atoms with Gasteiger partial charge in [0.2, 0.25) is 0 Å². The van der Waals surface area contributed by atoms with Crippen molar-refractivity contribution in [2.75, 3.05) is 13.2 Å².